The van der Waals surface area contributed by atoms with Crippen molar-refractivity contribution in [2.75, 3.05) is 11.9 Å². The van der Waals surface area contributed by atoms with Crippen molar-refractivity contribution in [1.29, 1.82) is 0 Å². The first-order valence-electron chi connectivity index (χ1n) is 6.02. The van der Waals surface area contributed by atoms with Gasteiger partial charge < -0.3 is 10.1 Å². The fourth-order valence-corrected chi connectivity index (χ4v) is 1.44. The number of esters is 1. The minimum Gasteiger partial charge on any atom is -0.460 e. The standard InChI is InChI=1S/C14H18FNO3/c1-14(2,3)19-13(18)6-7-16-12-5-4-10(9-17)8-11(12)15/h4-5,8-9,16H,6-7H2,1-3H3. The smallest absolute Gasteiger partial charge is 0.308 e. The quantitative estimate of drug-likeness (QED) is 0.658. The summed E-state index contributed by atoms with van der Waals surface area (Å²) in [5.41, 5.74) is 0.0119. The van der Waals surface area contributed by atoms with Gasteiger partial charge in [0.25, 0.3) is 0 Å². The molecule has 0 saturated heterocycles. The zero-order chi connectivity index (χ0) is 14.5. The summed E-state index contributed by atoms with van der Waals surface area (Å²) < 4.78 is 18.6. The first-order chi connectivity index (χ1) is 8.81. The van der Waals surface area contributed by atoms with Gasteiger partial charge in [-0.3, -0.25) is 9.59 Å². The van der Waals surface area contributed by atoms with E-state index in [0.717, 1.165) is 6.07 Å². The van der Waals surface area contributed by atoms with Crippen LogP contribution in [0.3, 0.4) is 0 Å². The number of hydrogen-bond acceptors (Lipinski definition) is 4. The van der Waals surface area contributed by atoms with Crippen LogP contribution in [0, 0.1) is 5.82 Å². The van der Waals surface area contributed by atoms with Gasteiger partial charge in [-0.2, -0.15) is 0 Å². The van der Waals surface area contributed by atoms with E-state index in [1.54, 1.807) is 20.8 Å². The number of nitrogens with one attached hydrogen (secondary N) is 1. The molecule has 104 valence electrons. The van der Waals surface area contributed by atoms with Crippen molar-refractivity contribution >= 4 is 17.9 Å². The summed E-state index contributed by atoms with van der Waals surface area (Å²) >= 11 is 0. The molecule has 4 nitrogen and oxygen atoms in total. The Morgan fingerprint density at radius 2 is 2.11 bits per heavy atom. The van der Waals surface area contributed by atoms with Gasteiger partial charge in [0, 0.05) is 12.1 Å². The van der Waals surface area contributed by atoms with Crippen molar-refractivity contribution in [1.82, 2.24) is 0 Å². The molecule has 0 aromatic heterocycles. The number of halogens is 1. The number of carbonyl (C=O) groups is 2. The first kappa shape index (κ1) is 15.1. The molecule has 0 spiro atoms. The van der Waals surface area contributed by atoms with E-state index >= 15 is 0 Å². The average Bonchev–Trinajstić information content (AvgIpc) is 2.28. The molecule has 19 heavy (non-hydrogen) atoms. The Morgan fingerprint density at radius 3 is 2.63 bits per heavy atom. The van der Waals surface area contributed by atoms with E-state index in [4.69, 9.17) is 4.74 Å². The van der Waals surface area contributed by atoms with E-state index in [1.165, 1.54) is 12.1 Å². The normalized spacial score (nSPS) is 10.9. The van der Waals surface area contributed by atoms with Crippen molar-refractivity contribution in [3.8, 4) is 0 Å². The van der Waals surface area contributed by atoms with Gasteiger partial charge in [-0.1, -0.05) is 0 Å². The Bertz CT molecular complexity index is 466. The molecule has 0 aliphatic rings. The van der Waals surface area contributed by atoms with Crippen LogP contribution in [-0.2, 0) is 9.53 Å². The molecule has 0 bridgehead atoms. The van der Waals surface area contributed by atoms with Crippen molar-refractivity contribution < 1.29 is 18.7 Å². The predicted octanol–water partition coefficient (Wildman–Crippen LogP) is 2.78. The van der Waals surface area contributed by atoms with Crippen LogP contribution in [-0.4, -0.2) is 24.4 Å². The Kier molecular flexibility index (Phi) is 5.03. The highest BCUT2D eigenvalue weighted by Crippen LogP contribution is 2.15. The molecule has 1 aromatic carbocycles. The summed E-state index contributed by atoms with van der Waals surface area (Å²) in [5, 5.41) is 2.79. The zero-order valence-corrected chi connectivity index (χ0v) is 11.3. The molecule has 5 heteroatoms. The second-order valence-corrected chi connectivity index (χ2v) is 5.12. The average molecular weight is 267 g/mol. The van der Waals surface area contributed by atoms with Crippen LogP contribution >= 0.6 is 0 Å². The third-order valence-corrected chi connectivity index (χ3v) is 2.19. The van der Waals surface area contributed by atoms with Gasteiger partial charge in [0.2, 0.25) is 0 Å². The lowest BCUT2D eigenvalue weighted by atomic mass is 10.2. The number of ether oxygens (including phenoxy) is 1. The molecular formula is C14H18FNO3. The van der Waals surface area contributed by atoms with Gasteiger partial charge in [0.05, 0.1) is 12.1 Å². The van der Waals surface area contributed by atoms with Crippen LogP contribution in [0.5, 0.6) is 0 Å². The van der Waals surface area contributed by atoms with Crippen LogP contribution < -0.4 is 5.32 Å². The van der Waals surface area contributed by atoms with Gasteiger partial charge >= 0.3 is 5.97 Å². The maximum absolute atomic E-state index is 13.5. The minimum atomic E-state index is -0.520. The van der Waals surface area contributed by atoms with Gasteiger partial charge in [0.1, 0.15) is 17.7 Å². The molecule has 0 aliphatic carbocycles. The van der Waals surface area contributed by atoms with Crippen molar-refractivity contribution in [2.24, 2.45) is 0 Å². The summed E-state index contributed by atoms with van der Waals surface area (Å²) in [7, 11) is 0. The Morgan fingerprint density at radius 1 is 1.42 bits per heavy atom. The number of benzene rings is 1. The molecule has 0 aliphatic heterocycles. The van der Waals surface area contributed by atoms with Gasteiger partial charge in [-0.05, 0) is 39.0 Å². The number of rotatable bonds is 5. The molecule has 0 radical (unpaired) electrons. The number of carbonyl (C=O) groups excluding carboxylic acids is 2. The van der Waals surface area contributed by atoms with Crippen LogP contribution in [0.15, 0.2) is 18.2 Å². The summed E-state index contributed by atoms with van der Waals surface area (Å²) in [6, 6.07) is 4.11. The van der Waals surface area contributed by atoms with E-state index in [1.807, 2.05) is 0 Å². The molecule has 0 unspecified atom stereocenters. The predicted molar refractivity (Wildman–Crippen MR) is 70.7 cm³/mol. The lowest BCUT2D eigenvalue weighted by Crippen LogP contribution is -2.25. The van der Waals surface area contributed by atoms with E-state index in [9.17, 15) is 14.0 Å². The topological polar surface area (TPSA) is 55.4 Å². The number of anilines is 1. The van der Waals surface area contributed by atoms with Gasteiger partial charge in [-0.25, -0.2) is 4.39 Å². The molecule has 0 amide bonds. The van der Waals surface area contributed by atoms with Crippen molar-refractivity contribution in [2.45, 2.75) is 32.8 Å². The highest BCUT2D eigenvalue weighted by atomic mass is 19.1. The van der Waals surface area contributed by atoms with Gasteiger partial charge in [0.15, 0.2) is 0 Å². The maximum atomic E-state index is 13.5. The second kappa shape index (κ2) is 6.31. The molecule has 0 saturated carbocycles. The van der Waals surface area contributed by atoms with Crippen LogP contribution in [0.1, 0.15) is 37.6 Å². The third-order valence-electron chi connectivity index (χ3n) is 2.19. The molecule has 0 heterocycles. The highest BCUT2D eigenvalue weighted by molar-refractivity contribution is 5.76. The number of aldehydes is 1. The summed E-state index contributed by atoms with van der Waals surface area (Å²) in [4.78, 5) is 21.9. The maximum Gasteiger partial charge on any atom is 0.308 e. The second-order valence-electron chi connectivity index (χ2n) is 5.12. The molecule has 0 fully saturated rings. The van der Waals surface area contributed by atoms with Crippen LogP contribution in [0.25, 0.3) is 0 Å². The lowest BCUT2D eigenvalue weighted by molar-refractivity contribution is -0.154. The monoisotopic (exact) mass is 267 g/mol. The molecular weight excluding hydrogens is 249 g/mol. The third kappa shape index (κ3) is 5.50. The largest absolute Gasteiger partial charge is 0.460 e. The number of hydrogen-bond donors (Lipinski definition) is 1. The summed E-state index contributed by atoms with van der Waals surface area (Å²) in [5.74, 6) is -0.862. The van der Waals surface area contributed by atoms with Crippen LogP contribution in [0.4, 0.5) is 10.1 Å². The fourth-order valence-electron chi connectivity index (χ4n) is 1.44. The summed E-state index contributed by atoms with van der Waals surface area (Å²) in [6.07, 6.45) is 0.722. The SMILES string of the molecule is CC(C)(C)OC(=O)CCNc1ccc(C=O)cc1F. The van der Waals surface area contributed by atoms with Gasteiger partial charge in [-0.15, -0.1) is 0 Å². The van der Waals surface area contributed by atoms with E-state index in [0.29, 0.717) is 6.29 Å². The molecule has 0 atom stereocenters. The molecule has 1 N–H and O–H groups in total. The minimum absolute atomic E-state index is 0.145. The van der Waals surface area contributed by atoms with E-state index in [2.05, 4.69) is 5.32 Å². The zero-order valence-electron chi connectivity index (χ0n) is 11.3. The van der Waals surface area contributed by atoms with E-state index < -0.39 is 11.4 Å². The first-order valence-corrected chi connectivity index (χ1v) is 6.02. The molecule has 1 rings (SSSR count). The molecule has 1 aromatic rings. The highest BCUT2D eigenvalue weighted by Gasteiger charge is 2.15. The van der Waals surface area contributed by atoms with Crippen LogP contribution in [0.2, 0.25) is 0 Å². The summed E-state index contributed by atoms with van der Waals surface area (Å²) in [6.45, 7) is 5.63. The fraction of sp³-hybridized carbons (Fsp3) is 0.429. The Hall–Kier alpha value is -1.91. The Balaban J connectivity index is 2.45. The van der Waals surface area contributed by atoms with Crippen molar-refractivity contribution in [3.63, 3.8) is 0 Å². The van der Waals surface area contributed by atoms with Crippen molar-refractivity contribution in [3.05, 3.63) is 29.6 Å². The lowest BCUT2D eigenvalue weighted by Gasteiger charge is -2.19. The Labute approximate surface area is 112 Å². The van der Waals surface area contributed by atoms with E-state index in [-0.39, 0.29) is 30.2 Å².